The highest BCUT2D eigenvalue weighted by Gasteiger charge is 2.10. The summed E-state index contributed by atoms with van der Waals surface area (Å²) in [6.45, 7) is 0. The highest BCUT2D eigenvalue weighted by molar-refractivity contribution is 5.92. The lowest BCUT2D eigenvalue weighted by molar-refractivity contribution is 0.0995. The van der Waals surface area contributed by atoms with Gasteiger partial charge in [-0.25, -0.2) is 4.98 Å². The molecular weight excluding hydrogens is 222 g/mol. The van der Waals surface area contributed by atoms with Gasteiger partial charge in [0.25, 0.3) is 5.91 Å². The average Bonchev–Trinajstić information content (AvgIpc) is 2.36. The second-order valence-electron chi connectivity index (χ2n) is 3.32. The van der Waals surface area contributed by atoms with E-state index in [0.717, 1.165) is 0 Å². The van der Waals surface area contributed by atoms with Crippen molar-refractivity contribution in [3.63, 3.8) is 0 Å². The molecule has 2 N–H and O–H groups in total. The van der Waals surface area contributed by atoms with Crippen LogP contribution in [0.5, 0.6) is 11.5 Å². The van der Waals surface area contributed by atoms with Gasteiger partial charge in [-0.3, -0.25) is 9.78 Å². The standard InChI is InChI=1S/C11H11N3O3/c1-16-9-3-6-7(4-10(9)17-2)14-8(5-13-6)11(12)15/h3-5H,1-2H3,(H2,12,15). The molecular formula is C11H11N3O3. The molecule has 0 aliphatic carbocycles. The van der Waals surface area contributed by atoms with E-state index < -0.39 is 5.91 Å². The maximum atomic E-state index is 11.0. The lowest BCUT2D eigenvalue weighted by Gasteiger charge is -2.08. The monoisotopic (exact) mass is 233 g/mol. The van der Waals surface area contributed by atoms with Gasteiger partial charge in [0.05, 0.1) is 31.4 Å². The molecule has 0 aliphatic rings. The highest BCUT2D eigenvalue weighted by atomic mass is 16.5. The molecule has 0 radical (unpaired) electrons. The summed E-state index contributed by atoms with van der Waals surface area (Å²) in [5.41, 5.74) is 6.38. The first kappa shape index (κ1) is 11.1. The zero-order chi connectivity index (χ0) is 12.4. The number of aromatic nitrogens is 2. The van der Waals surface area contributed by atoms with Gasteiger partial charge in [-0.2, -0.15) is 0 Å². The van der Waals surface area contributed by atoms with Crippen LogP contribution in [0.1, 0.15) is 10.5 Å². The van der Waals surface area contributed by atoms with E-state index in [2.05, 4.69) is 9.97 Å². The SMILES string of the molecule is COc1cc2ncc(C(N)=O)nc2cc1OC. The molecule has 6 heteroatoms. The fraction of sp³-hybridized carbons (Fsp3) is 0.182. The third-order valence-corrected chi connectivity index (χ3v) is 2.30. The highest BCUT2D eigenvalue weighted by Crippen LogP contribution is 2.30. The number of methoxy groups -OCH3 is 2. The van der Waals surface area contributed by atoms with Gasteiger partial charge in [-0.05, 0) is 0 Å². The van der Waals surface area contributed by atoms with Crippen molar-refractivity contribution in [2.75, 3.05) is 14.2 Å². The quantitative estimate of drug-likeness (QED) is 0.845. The van der Waals surface area contributed by atoms with E-state index in [4.69, 9.17) is 15.2 Å². The van der Waals surface area contributed by atoms with E-state index in [1.807, 2.05) is 0 Å². The van der Waals surface area contributed by atoms with Gasteiger partial charge in [0.2, 0.25) is 0 Å². The van der Waals surface area contributed by atoms with Gasteiger partial charge >= 0.3 is 0 Å². The van der Waals surface area contributed by atoms with Crippen LogP contribution in [-0.2, 0) is 0 Å². The third kappa shape index (κ3) is 1.96. The Hall–Kier alpha value is -2.37. The number of hydrogen-bond donors (Lipinski definition) is 1. The Morgan fingerprint density at radius 1 is 1.18 bits per heavy atom. The number of nitrogens with two attached hydrogens (primary N) is 1. The first-order valence-electron chi connectivity index (χ1n) is 4.84. The Kier molecular flexibility index (Phi) is 2.78. The first-order valence-corrected chi connectivity index (χ1v) is 4.84. The summed E-state index contributed by atoms with van der Waals surface area (Å²) in [6, 6.07) is 3.33. The van der Waals surface area contributed by atoms with Crippen molar-refractivity contribution >= 4 is 16.9 Å². The smallest absolute Gasteiger partial charge is 0.268 e. The number of carbonyl (C=O) groups is 1. The predicted octanol–water partition coefficient (Wildman–Crippen LogP) is 0.746. The van der Waals surface area contributed by atoms with Gasteiger partial charge < -0.3 is 15.2 Å². The summed E-state index contributed by atoms with van der Waals surface area (Å²) in [5.74, 6) is 0.464. The molecule has 2 rings (SSSR count). The van der Waals surface area contributed by atoms with Crippen molar-refractivity contribution in [3.05, 3.63) is 24.0 Å². The first-order chi connectivity index (χ1) is 8.15. The molecule has 0 fully saturated rings. The third-order valence-electron chi connectivity index (χ3n) is 2.30. The molecule has 0 unspecified atom stereocenters. The van der Waals surface area contributed by atoms with Crippen molar-refractivity contribution in [2.45, 2.75) is 0 Å². The maximum absolute atomic E-state index is 11.0. The van der Waals surface area contributed by atoms with E-state index in [-0.39, 0.29) is 5.69 Å². The molecule has 1 aromatic carbocycles. The largest absolute Gasteiger partial charge is 0.493 e. The van der Waals surface area contributed by atoms with Crippen molar-refractivity contribution in [2.24, 2.45) is 5.73 Å². The Morgan fingerprint density at radius 3 is 2.29 bits per heavy atom. The zero-order valence-electron chi connectivity index (χ0n) is 9.43. The molecule has 88 valence electrons. The molecule has 17 heavy (non-hydrogen) atoms. The van der Waals surface area contributed by atoms with Crippen LogP contribution in [0.2, 0.25) is 0 Å². The van der Waals surface area contributed by atoms with Gasteiger partial charge in [-0.1, -0.05) is 0 Å². The lowest BCUT2D eigenvalue weighted by atomic mass is 10.2. The van der Waals surface area contributed by atoms with Crippen LogP contribution < -0.4 is 15.2 Å². The van der Waals surface area contributed by atoms with Crippen LogP contribution in [0, 0.1) is 0 Å². The zero-order valence-corrected chi connectivity index (χ0v) is 9.43. The summed E-state index contributed by atoms with van der Waals surface area (Å²) in [4.78, 5) is 19.2. The molecule has 6 nitrogen and oxygen atoms in total. The molecule has 0 aliphatic heterocycles. The second kappa shape index (κ2) is 4.25. The molecule has 2 aromatic rings. The number of hydrogen-bond acceptors (Lipinski definition) is 5. The van der Waals surface area contributed by atoms with Crippen LogP contribution >= 0.6 is 0 Å². The molecule has 0 spiro atoms. The summed E-state index contributed by atoms with van der Waals surface area (Å²) < 4.78 is 10.3. The Bertz CT molecular complexity index is 583. The minimum Gasteiger partial charge on any atom is -0.493 e. The molecule has 0 saturated carbocycles. The minimum atomic E-state index is -0.616. The summed E-state index contributed by atoms with van der Waals surface area (Å²) in [7, 11) is 3.06. The van der Waals surface area contributed by atoms with E-state index in [1.54, 1.807) is 12.1 Å². The number of benzene rings is 1. The number of rotatable bonds is 3. The Balaban J connectivity index is 2.66. The van der Waals surface area contributed by atoms with Crippen molar-refractivity contribution in [1.29, 1.82) is 0 Å². The van der Waals surface area contributed by atoms with E-state index >= 15 is 0 Å². The van der Waals surface area contributed by atoms with Crippen LogP contribution in [0.4, 0.5) is 0 Å². The van der Waals surface area contributed by atoms with Crippen LogP contribution in [-0.4, -0.2) is 30.1 Å². The molecule has 1 heterocycles. The number of amides is 1. The Morgan fingerprint density at radius 2 is 1.76 bits per heavy atom. The molecule has 0 saturated heterocycles. The van der Waals surface area contributed by atoms with Crippen molar-refractivity contribution in [3.8, 4) is 11.5 Å². The molecule has 0 bridgehead atoms. The molecule has 0 atom stereocenters. The summed E-state index contributed by atoms with van der Waals surface area (Å²) >= 11 is 0. The number of fused-ring (bicyclic) bond motifs is 1. The van der Waals surface area contributed by atoms with Crippen LogP contribution in [0.3, 0.4) is 0 Å². The number of nitrogens with zero attached hydrogens (tertiary/aromatic N) is 2. The minimum absolute atomic E-state index is 0.115. The summed E-state index contributed by atoms with van der Waals surface area (Å²) in [6.07, 6.45) is 1.33. The van der Waals surface area contributed by atoms with Gasteiger partial charge in [-0.15, -0.1) is 0 Å². The topological polar surface area (TPSA) is 87.3 Å². The van der Waals surface area contributed by atoms with Crippen LogP contribution in [0.25, 0.3) is 11.0 Å². The lowest BCUT2D eigenvalue weighted by Crippen LogP contribution is -2.13. The van der Waals surface area contributed by atoms with Gasteiger partial charge in [0.15, 0.2) is 11.5 Å². The number of ether oxygens (including phenoxy) is 2. The maximum Gasteiger partial charge on any atom is 0.268 e. The molecule has 1 aromatic heterocycles. The van der Waals surface area contributed by atoms with Gasteiger partial charge in [0.1, 0.15) is 5.69 Å². The normalized spacial score (nSPS) is 10.2. The fourth-order valence-corrected chi connectivity index (χ4v) is 1.46. The van der Waals surface area contributed by atoms with Crippen molar-refractivity contribution in [1.82, 2.24) is 9.97 Å². The van der Waals surface area contributed by atoms with Crippen LogP contribution in [0.15, 0.2) is 18.3 Å². The number of carbonyl (C=O) groups excluding carboxylic acids is 1. The van der Waals surface area contributed by atoms with Crippen molar-refractivity contribution < 1.29 is 14.3 Å². The number of primary amides is 1. The molecule has 1 amide bonds. The van der Waals surface area contributed by atoms with E-state index in [1.165, 1.54) is 20.4 Å². The second-order valence-corrected chi connectivity index (χ2v) is 3.32. The van der Waals surface area contributed by atoms with E-state index in [0.29, 0.717) is 22.5 Å². The van der Waals surface area contributed by atoms with Gasteiger partial charge in [0, 0.05) is 12.1 Å². The predicted molar refractivity (Wildman–Crippen MR) is 61.2 cm³/mol. The van der Waals surface area contributed by atoms with E-state index in [9.17, 15) is 4.79 Å². The average molecular weight is 233 g/mol. The fourth-order valence-electron chi connectivity index (χ4n) is 1.46. The Labute approximate surface area is 97.4 Å². The summed E-state index contributed by atoms with van der Waals surface area (Å²) in [5, 5.41) is 0.